The van der Waals surface area contributed by atoms with Crippen LogP contribution in [0.15, 0.2) is 64.1 Å². The Morgan fingerprint density at radius 3 is 2.67 bits per heavy atom. The van der Waals surface area contributed by atoms with Gasteiger partial charge in [0.2, 0.25) is 0 Å². The van der Waals surface area contributed by atoms with Gasteiger partial charge in [0, 0.05) is 12.1 Å². The maximum Gasteiger partial charge on any atom is 0.438 e. The summed E-state index contributed by atoms with van der Waals surface area (Å²) in [6, 6.07) is 15.9. The van der Waals surface area contributed by atoms with E-state index in [2.05, 4.69) is 5.10 Å². The number of nitrogens with zero attached hydrogens (tertiary/aromatic N) is 2. The van der Waals surface area contributed by atoms with Crippen LogP contribution in [0.3, 0.4) is 0 Å². The van der Waals surface area contributed by atoms with E-state index in [0.29, 0.717) is 5.75 Å². The molecule has 1 unspecified atom stereocenters. The molecule has 3 aromatic rings. The van der Waals surface area contributed by atoms with Gasteiger partial charge in [-0.05, 0) is 42.0 Å². The fraction of sp³-hybridized carbons (Fsp3) is 0.238. The third-order valence-corrected chi connectivity index (χ3v) is 4.74. The molecule has 2 aromatic carbocycles. The number of hydrazone groups is 1. The van der Waals surface area contributed by atoms with Crippen molar-refractivity contribution in [3.63, 3.8) is 0 Å². The third-order valence-electron chi connectivity index (χ3n) is 4.74. The first-order valence-electron chi connectivity index (χ1n) is 9.05. The molecule has 0 aliphatic carbocycles. The zero-order valence-electron chi connectivity index (χ0n) is 15.8. The zero-order valence-corrected chi connectivity index (χ0v) is 15.8. The number of ether oxygens (including phenoxy) is 1. The smallest absolute Gasteiger partial charge is 0.438 e. The number of alkyl halides is 3. The van der Waals surface area contributed by atoms with Crippen molar-refractivity contribution < 1.29 is 32.2 Å². The van der Waals surface area contributed by atoms with E-state index in [0.717, 1.165) is 10.8 Å². The summed E-state index contributed by atoms with van der Waals surface area (Å²) in [5.74, 6) is -0.761. The van der Waals surface area contributed by atoms with E-state index in [4.69, 9.17) is 9.15 Å². The molecule has 0 saturated heterocycles. The minimum Gasteiger partial charge on any atom is -0.486 e. The molecule has 1 aliphatic rings. The highest BCUT2D eigenvalue weighted by Crippen LogP contribution is 2.41. The number of hydrogen-bond acceptors (Lipinski definition) is 5. The number of aliphatic hydroxyl groups is 1. The van der Waals surface area contributed by atoms with Gasteiger partial charge in [-0.3, -0.25) is 4.79 Å². The van der Waals surface area contributed by atoms with E-state index in [-0.39, 0.29) is 28.8 Å². The summed E-state index contributed by atoms with van der Waals surface area (Å²) in [6.45, 7) is 1.27. The molecule has 0 bridgehead atoms. The van der Waals surface area contributed by atoms with E-state index in [9.17, 15) is 23.1 Å². The first kappa shape index (κ1) is 20.0. The number of rotatable bonds is 4. The maximum absolute atomic E-state index is 13.3. The highest BCUT2D eigenvalue weighted by Gasteiger charge is 2.63. The molecule has 30 heavy (non-hydrogen) atoms. The van der Waals surface area contributed by atoms with Gasteiger partial charge in [0.1, 0.15) is 18.1 Å². The van der Waals surface area contributed by atoms with Crippen molar-refractivity contribution in [2.45, 2.75) is 31.9 Å². The number of amides is 1. The Labute approximate surface area is 169 Å². The molecule has 156 valence electrons. The molecule has 4 rings (SSSR count). The first-order valence-corrected chi connectivity index (χ1v) is 9.05. The second-order valence-corrected chi connectivity index (χ2v) is 7.01. The number of hydrogen-bond donors (Lipinski definition) is 1. The first-order chi connectivity index (χ1) is 14.2. The average molecular weight is 418 g/mol. The fourth-order valence-corrected chi connectivity index (χ4v) is 3.24. The van der Waals surface area contributed by atoms with Crippen LogP contribution in [0.1, 0.15) is 29.7 Å². The quantitative estimate of drug-likeness (QED) is 0.678. The van der Waals surface area contributed by atoms with Crippen molar-refractivity contribution in [3.05, 3.63) is 66.1 Å². The summed E-state index contributed by atoms with van der Waals surface area (Å²) in [5.41, 5.74) is -3.42. The van der Waals surface area contributed by atoms with Gasteiger partial charge in [0.15, 0.2) is 5.76 Å². The van der Waals surface area contributed by atoms with E-state index in [1.54, 1.807) is 6.07 Å². The van der Waals surface area contributed by atoms with Crippen LogP contribution in [0, 0.1) is 0 Å². The number of carbonyl (C=O) groups excluding carboxylic acids is 1. The van der Waals surface area contributed by atoms with Crippen LogP contribution in [0.2, 0.25) is 0 Å². The van der Waals surface area contributed by atoms with Gasteiger partial charge in [-0.2, -0.15) is 23.3 Å². The van der Waals surface area contributed by atoms with Crippen molar-refractivity contribution in [1.82, 2.24) is 5.01 Å². The molecule has 9 heteroatoms. The lowest BCUT2D eigenvalue weighted by Gasteiger charge is -2.32. The number of halogens is 3. The van der Waals surface area contributed by atoms with E-state index in [1.165, 1.54) is 19.1 Å². The Morgan fingerprint density at radius 1 is 1.20 bits per heavy atom. The largest absolute Gasteiger partial charge is 0.486 e. The van der Waals surface area contributed by atoms with E-state index < -0.39 is 24.2 Å². The van der Waals surface area contributed by atoms with Crippen LogP contribution in [0.25, 0.3) is 10.8 Å². The van der Waals surface area contributed by atoms with Gasteiger partial charge in [0.25, 0.3) is 5.72 Å². The average Bonchev–Trinajstić information content (AvgIpc) is 3.30. The Balaban J connectivity index is 1.48. The summed E-state index contributed by atoms with van der Waals surface area (Å²) in [6.07, 6.45) is -5.89. The fourth-order valence-electron chi connectivity index (χ4n) is 3.24. The Bertz CT molecular complexity index is 1140. The van der Waals surface area contributed by atoms with Gasteiger partial charge >= 0.3 is 12.1 Å². The molecule has 1 atom stereocenters. The van der Waals surface area contributed by atoms with Gasteiger partial charge in [0.05, 0.1) is 0 Å². The van der Waals surface area contributed by atoms with Crippen molar-refractivity contribution in [2.75, 3.05) is 0 Å². The number of fused-ring (bicyclic) bond motifs is 1. The molecular formula is C21H17F3N2O4. The summed E-state index contributed by atoms with van der Waals surface area (Å²) in [5, 5.41) is 15.6. The van der Waals surface area contributed by atoms with Crippen LogP contribution in [0.5, 0.6) is 5.75 Å². The molecule has 0 spiro atoms. The highest BCUT2D eigenvalue weighted by atomic mass is 19.4. The summed E-state index contributed by atoms with van der Waals surface area (Å²) >= 11 is 0. The summed E-state index contributed by atoms with van der Waals surface area (Å²) in [4.78, 5) is 12.5. The third kappa shape index (κ3) is 3.52. The van der Waals surface area contributed by atoms with Crippen LogP contribution in [-0.4, -0.2) is 33.6 Å². The maximum atomic E-state index is 13.3. The number of benzene rings is 2. The van der Waals surface area contributed by atoms with Crippen molar-refractivity contribution in [2.24, 2.45) is 5.10 Å². The standard InChI is InChI=1S/C21H17F3N2O4/c1-13-11-20(28,21(22,23)24)26(25-13)19(27)18-9-8-17(30-18)12-29-16-7-6-14-4-2-3-5-15(14)10-16/h2-10,28H,11-12H2,1H3. The Hall–Kier alpha value is -3.33. The molecule has 2 heterocycles. The van der Waals surface area contributed by atoms with Gasteiger partial charge in [-0.15, -0.1) is 0 Å². The van der Waals surface area contributed by atoms with Crippen molar-refractivity contribution in [1.29, 1.82) is 0 Å². The minimum atomic E-state index is -5.07. The predicted molar refractivity (Wildman–Crippen MR) is 102 cm³/mol. The lowest BCUT2D eigenvalue weighted by atomic mass is 10.1. The molecule has 1 amide bonds. The molecular weight excluding hydrogens is 401 g/mol. The number of carbonyl (C=O) groups is 1. The molecule has 0 fully saturated rings. The summed E-state index contributed by atoms with van der Waals surface area (Å²) < 4.78 is 50.9. The second kappa shape index (κ2) is 7.17. The van der Waals surface area contributed by atoms with Gasteiger partial charge in [-0.1, -0.05) is 30.3 Å². The van der Waals surface area contributed by atoms with Crippen LogP contribution in [-0.2, 0) is 6.61 Å². The van der Waals surface area contributed by atoms with Crippen LogP contribution < -0.4 is 4.74 Å². The highest BCUT2D eigenvalue weighted by molar-refractivity contribution is 5.96. The molecule has 0 saturated carbocycles. The zero-order chi connectivity index (χ0) is 21.5. The molecule has 6 nitrogen and oxygen atoms in total. The number of furan rings is 1. The normalized spacial score (nSPS) is 19.2. The molecule has 1 aliphatic heterocycles. The lowest BCUT2D eigenvalue weighted by molar-refractivity contribution is -0.297. The van der Waals surface area contributed by atoms with E-state index >= 15 is 0 Å². The topological polar surface area (TPSA) is 75.3 Å². The van der Waals surface area contributed by atoms with Crippen molar-refractivity contribution >= 4 is 22.4 Å². The second-order valence-electron chi connectivity index (χ2n) is 7.01. The monoisotopic (exact) mass is 418 g/mol. The predicted octanol–water partition coefficient (Wildman–Crippen LogP) is 4.48. The molecule has 1 N–H and O–H groups in total. The lowest BCUT2D eigenvalue weighted by Crippen LogP contribution is -2.56. The minimum absolute atomic E-state index is 0.0189. The van der Waals surface area contributed by atoms with E-state index in [1.807, 2.05) is 36.4 Å². The molecule has 0 radical (unpaired) electrons. The van der Waals surface area contributed by atoms with Crippen molar-refractivity contribution in [3.8, 4) is 5.75 Å². The molecule has 1 aromatic heterocycles. The Kier molecular flexibility index (Phi) is 4.77. The van der Waals surface area contributed by atoms with Crippen LogP contribution in [0.4, 0.5) is 13.2 Å². The summed E-state index contributed by atoms with van der Waals surface area (Å²) in [7, 11) is 0. The SMILES string of the molecule is CC1=NN(C(=O)c2ccc(COc3ccc4ccccc4c3)o2)C(O)(C(F)(F)F)C1. The van der Waals surface area contributed by atoms with Gasteiger partial charge < -0.3 is 14.3 Å². The Morgan fingerprint density at radius 2 is 1.93 bits per heavy atom. The van der Waals surface area contributed by atoms with Gasteiger partial charge in [-0.25, -0.2) is 0 Å². The van der Waals surface area contributed by atoms with Crippen LogP contribution >= 0.6 is 0 Å².